The maximum atomic E-state index is 11.9. The Hall–Kier alpha value is -1.59. The third kappa shape index (κ3) is 7.01. The largest absolute Gasteiger partial charge is 0.388 e. The number of hydrogen-bond donors (Lipinski definition) is 3. The van der Waals surface area contributed by atoms with Crippen LogP contribution in [0.5, 0.6) is 0 Å². The van der Waals surface area contributed by atoms with Gasteiger partial charge >= 0.3 is 11.8 Å². The lowest BCUT2D eigenvalue weighted by molar-refractivity contribution is -0.136. The molecule has 0 spiro atoms. The number of aliphatic hydroxyl groups is 1. The van der Waals surface area contributed by atoms with E-state index in [0.717, 1.165) is 12.0 Å². The summed E-state index contributed by atoms with van der Waals surface area (Å²) in [5.41, 5.74) is 0.296. The zero-order chi connectivity index (χ0) is 17.6. The minimum absolute atomic E-state index is 0.0214. The number of anilines is 1. The van der Waals surface area contributed by atoms with E-state index in [1.165, 1.54) is 0 Å². The molecule has 0 saturated carbocycles. The van der Waals surface area contributed by atoms with Gasteiger partial charge in [0.1, 0.15) is 0 Å². The van der Waals surface area contributed by atoms with Crippen LogP contribution in [-0.4, -0.2) is 29.1 Å². The van der Waals surface area contributed by atoms with Crippen LogP contribution in [0.2, 0.25) is 5.02 Å². The molecule has 6 heteroatoms. The summed E-state index contributed by atoms with van der Waals surface area (Å²) in [6.45, 7) is 7.67. The summed E-state index contributed by atoms with van der Waals surface area (Å²) in [6.07, 6.45) is 1.39. The van der Waals surface area contributed by atoms with Crippen molar-refractivity contribution in [3.8, 4) is 0 Å². The molecule has 0 aliphatic carbocycles. The summed E-state index contributed by atoms with van der Waals surface area (Å²) in [4.78, 5) is 23.7. The normalized spacial score (nSPS) is 13.5. The Kier molecular flexibility index (Phi) is 7.03. The van der Waals surface area contributed by atoms with Gasteiger partial charge in [0.05, 0.1) is 16.3 Å². The smallest absolute Gasteiger partial charge is 0.313 e. The predicted molar refractivity (Wildman–Crippen MR) is 92.5 cm³/mol. The molecule has 0 fully saturated rings. The summed E-state index contributed by atoms with van der Waals surface area (Å²) >= 11 is 6.01. The molecule has 0 aliphatic heterocycles. The molecule has 5 nitrogen and oxygen atoms in total. The lowest BCUT2D eigenvalue weighted by Crippen LogP contribution is -2.44. The Balaban J connectivity index is 2.52. The SMILES string of the molecule is Cc1ccc(NC(=O)C(=O)NCC(C)(O)CCC(C)C)c(Cl)c1. The molecule has 1 aromatic rings. The van der Waals surface area contributed by atoms with E-state index >= 15 is 0 Å². The van der Waals surface area contributed by atoms with Gasteiger partial charge in [-0.25, -0.2) is 0 Å². The molecular formula is C17H25ClN2O3. The third-order valence-electron chi connectivity index (χ3n) is 3.47. The minimum atomic E-state index is -1.04. The fourth-order valence-electron chi connectivity index (χ4n) is 1.94. The van der Waals surface area contributed by atoms with Crippen LogP contribution in [0.4, 0.5) is 5.69 Å². The van der Waals surface area contributed by atoms with Gasteiger partial charge in [0.15, 0.2) is 0 Å². The van der Waals surface area contributed by atoms with E-state index in [9.17, 15) is 14.7 Å². The molecule has 0 aliphatic rings. The first kappa shape index (κ1) is 19.5. The zero-order valence-corrected chi connectivity index (χ0v) is 14.8. The summed E-state index contributed by atoms with van der Waals surface area (Å²) in [5.74, 6) is -1.15. The minimum Gasteiger partial charge on any atom is -0.388 e. The standard InChI is InChI=1S/C17H25ClN2O3/c1-11(2)7-8-17(4,23)10-19-15(21)16(22)20-14-6-5-12(3)9-13(14)18/h5-6,9,11,23H,7-8,10H2,1-4H3,(H,19,21)(H,20,22). The fourth-order valence-corrected chi connectivity index (χ4v) is 2.22. The second-order valence-corrected chi connectivity index (χ2v) is 6.96. The van der Waals surface area contributed by atoms with Crippen molar-refractivity contribution in [3.63, 3.8) is 0 Å². The second-order valence-electron chi connectivity index (χ2n) is 6.55. The van der Waals surface area contributed by atoms with Crippen molar-refractivity contribution in [1.29, 1.82) is 0 Å². The number of hydrogen-bond acceptors (Lipinski definition) is 3. The predicted octanol–water partition coefficient (Wildman–Crippen LogP) is 2.89. The van der Waals surface area contributed by atoms with Crippen LogP contribution in [0.25, 0.3) is 0 Å². The summed E-state index contributed by atoms with van der Waals surface area (Å²) in [5, 5.41) is 15.5. The van der Waals surface area contributed by atoms with Crippen molar-refractivity contribution >= 4 is 29.1 Å². The Morgan fingerprint density at radius 3 is 2.52 bits per heavy atom. The zero-order valence-electron chi connectivity index (χ0n) is 14.1. The molecule has 0 heterocycles. The van der Waals surface area contributed by atoms with Gasteiger partial charge in [-0.2, -0.15) is 0 Å². The maximum Gasteiger partial charge on any atom is 0.313 e. The lowest BCUT2D eigenvalue weighted by atomic mass is 9.95. The van der Waals surface area contributed by atoms with Crippen LogP contribution in [0, 0.1) is 12.8 Å². The van der Waals surface area contributed by atoms with Gasteiger partial charge in [-0.15, -0.1) is 0 Å². The van der Waals surface area contributed by atoms with Crippen LogP contribution in [-0.2, 0) is 9.59 Å². The Labute approximate surface area is 142 Å². The van der Waals surface area contributed by atoms with Gasteiger partial charge in [-0.3, -0.25) is 9.59 Å². The fraction of sp³-hybridized carbons (Fsp3) is 0.529. The van der Waals surface area contributed by atoms with Crippen LogP contribution >= 0.6 is 11.6 Å². The second kappa shape index (κ2) is 8.31. The summed E-state index contributed by atoms with van der Waals surface area (Å²) < 4.78 is 0. The van der Waals surface area contributed by atoms with E-state index in [4.69, 9.17) is 11.6 Å². The maximum absolute atomic E-state index is 11.9. The van der Waals surface area contributed by atoms with Crippen molar-refractivity contribution in [2.75, 3.05) is 11.9 Å². The first-order chi connectivity index (χ1) is 10.6. The molecule has 0 saturated heterocycles. The quantitative estimate of drug-likeness (QED) is 0.697. The Bertz CT molecular complexity index is 571. The number of nitrogens with one attached hydrogen (secondary N) is 2. The van der Waals surface area contributed by atoms with Crippen LogP contribution < -0.4 is 10.6 Å². The van der Waals surface area contributed by atoms with Crippen LogP contribution in [0.3, 0.4) is 0 Å². The summed E-state index contributed by atoms with van der Waals surface area (Å²) in [7, 11) is 0. The number of rotatable bonds is 6. The van der Waals surface area contributed by atoms with Crippen LogP contribution in [0.1, 0.15) is 39.2 Å². The Morgan fingerprint density at radius 1 is 1.30 bits per heavy atom. The number of halogens is 1. The number of benzene rings is 1. The van der Waals surface area contributed by atoms with Crippen molar-refractivity contribution < 1.29 is 14.7 Å². The monoisotopic (exact) mass is 340 g/mol. The van der Waals surface area contributed by atoms with E-state index in [0.29, 0.717) is 23.0 Å². The first-order valence-electron chi connectivity index (χ1n) is 7.68. The number of amides is 2. The van der Waals surface area contributed by atoms with Crippen molar-refractivity contribution in [1.82, 2.24) is 5.32 Å². The van der Waals surface area contributed by atoms with E-state index in [-0.39, 0.29) is 6.54 Å². The summed E-state index contributed by atoms with van der Waals surface area (Å²) in [6, 6.07) is 5.13. The van der Waals surface area contributed by atoms with Gasteiger partial charge in [0, 0.05) is 6.54 Å². The molecule has 0 radical (unpaired) electrons. The van der Waals surface area contributed by atoms with Gasteiger partial charge < -0.3 is 15.7 Å². The van der Waals surface area contributed by atoms with Crippen molar-refractivity contribution in [2.45, 2.75) is 46.1 Å². The topological polar surface area (TPSA) is 78.4 Å². The van der Waals surface area contributed by atoms with Gasteiger partial charge in [-0.05, 0) is 50.3 Å². The molecule has 128 valence electrons. The van der Waals surface area contributed by atoms with Crippen LogP contribution in [0.15, 0.2) is 18.2 Å². The molecule has 1 aromatic carbocycles. The van der Waals surface area contributed by atoms with E-state index in [2.05, 4.69) is 24.5 Å². The first-order valence-corrected chi connectivity index (χ1v) is 8.06. The number of aryl methyl sites for hydroxylation is 1. The van der Waals surface area contributed by atoms with E-state index in [1.54, 1.807) is 25.1 Å². The average molecular weight is 341 g/mol. The highest BCUT2D eigenvalue weighted by Crippen LogP contribution is 2.22. The molecule has 0 aromatic heterocycles. The number of carbonyl (C=O) groups is 2. The van der Waals surface area contributed by atoms with Gasteiger partial charge in [-0.1, -0.05) is 31.5 Å². The molecule has 23 heavy (non-hydrogen) atoms. The lowest BCUT2D eigenvalue weighted by Gasteiger charge is -2.24. The Morgan fingerprint density at radius 2 is 1.96 bits per heavy atom. The molecule has 0 bridgehead atoms. The molecule has 3 N–H and O–H groups in total. The molecule has 1 unspecified atom stereocenters. The highest BCUT2D eigenvalue weighted by atomic mass is 35.5. The molecule has 1 rings (SSSR count). The number of carbonyl (C=O) groups excluding carboxylic acids is 2. The molecule has 1 atom stereocenters. The van der Waals surface area contributed by atoms with Gasteiger partial charge in [0.25, 0.3) is 0 Å². The molecule has 2 amide bonds. The average Bonchev–Trinajstić information content (AvgIpc) is 2.45. The third-order valence-corrected chi connectivity index (χ3v) is 3.78. The van der Waals surface area contributed by atoms with E-state index < -0.39 is 17.4 Å². The molecular weight excluding hydrogens is 316 g/mol. The highest BCUT2D eigenvalue weighted by molar-refractivity contribution is 6.41. The highest BCUT2D eigenvalue weighted by Gasteiger charge is 2.23. The van der Waals surface area contributed by atoms with Gasteiger partial charge in [0.2, 0.25) is 0 Å². The van der Waals surface area contributed by atoms with E-state index in [1.807, 2.05) is 6.92 Å². The van der Waals surface area contributed by atoms with Crippen molar-refractivity contribution in [2.24, 2.45) is 5.92 Å². The van der Waals surface area contributed by atoms with Crippen molar-refractivity contribution in [3.05, 3.63) is 28.8 Å².